The molecule has 0 amide bonds. The largest absolute Gasteiger partial charge is 0.376 e. The molecule has 1 heterocycles. The van der Waals surface area contributed by atoms with E-state index < -0.39 is 0 Å². The smallest absolute Gasteiger partial charge is 0.201 e. The van der Waals surface area contributed by atoms with Gasteiger partial charge in [-0.2, -0.15) is 0 Å². The summed E-state index contributed by atoms with van der Waals surface area (Å²) in [5.41, 5.74) is 7.55. The van der Waals surface area contributed by atoms with Crippen LogP contribution < -0.4 is 5.73 Å². The highest BCUT2D eigenvalue weighted by atomic mass is 35.5. The highest BCUT2D eigenvalue weighted by molar-refractivity contribution is 6.42. The first kappa shape index (κ1) is 13.0. The van der Waals surface area contributed by atoms with Gasteiger partial charge in [-0.15, -0.1) is 0 Å². The lowest BCUT2D eigenvalue weighted by Crippen LogP contribution is -2.43. The summed E-state index contributed by atoms with van der Waals surface area (Å²) in [6.07, 6.45) is 3.28. The van der Waals surface area contributed by atoms with E-state index in [2.05, 4.69) is 4.98 Å². The molecular weight excluding hydrogens is 285 g/mol. The van der Waals surface area contributed by atoms with Crippen molar-refractivity contribution in [2.45, 2.75) is 31.4 Å². The molecule has 102 valence electrons. The Kier molecular flexibility index (Phi) is 3.12. The molecule has 6 heteroatoms. The molecule has 1 saturated carbocycles. The Morgan fingerprint density at radius 3 is 2.63 bits per heavy atom. The van der Waals surface area contributed by atoms with Crippen molar-refractivity contribution >= 4 is 40.2 Å². The van der Waals surface area contributed by atoms with Gasteiger partial charge in [-0.25, -0.2) is 4.98 Å². The van der Waals surface area contributed by atoms with Crippen LogP contribution in [0.1, 0.15) is 19.3 Å². The Hall–Kier alpha value is -0.970. The fraction of sp³-hybridized carbons (Fsp3) is 0.462. The van der Waals surface area contributed by atoms with Gasteiger partial charge in [0.15, 0.2) is 0 Å². The predicted molar refractivity (Wildman–Crippen MR) is 77.8 cm³/mol. The summed E-state index contributed by atoms with van der Waals surface area (Å²) < 4.78 is 7.60. The summed E-state index contributed by atoms with van der Waals surface area (Å²) >= 11 is 12.1. The molecule has 1 aliphatic carbocycles. The number of nitrogens with zero attached hydrogens (tertiary/aromatic N) is 2. The lowest BCUT2D eigenvalue weighted by molar-refractivity contribution is -0.0824. The maximum Gasteiger partial charge on any atom is 0.201 e. The van der Waals surface area contributed by atoms with E-state index in [1.807, 2.05) is 10.6 Å². The monoisotopic (exact) mass is 299 g/mol. The summed E-state index contributed by atoms with van der Waals surface area (Å²) in [5.74, 6) is 0.469. The Balaban J connectivity index is 2.07. The van der Waals surface area contributed by atoms with Crippen molar-refractivity contribution in [1.29, 1.82) is 0 Å². The van der Waals surface area contributed by atoms with Crippen LogP contribution in [-0.2, 0) is 11.3 Å². The average molecular weight is 300 g/mol. The van der Waals surface area contributed by atoms with Gasteiger partial charge in [0.05, 0.1) is 33.2 Å². The molecule has 0 atom stereocenters. The standard InChI is InChI=1S/C13H15Cl2N3O/c1-19-13(3-2-4-13)7-18-11-6-9(15)8(14)5-10(11)17-12(18)16/h5-6H,2-4,7H2,1H3,(H2,16,17). The van der Waals surface area contributed by atoms with Crippen molar-refractivity contribution < 1.29 is 4.74 Å². The van der Waals surface area contributed by atoms with Crippen LogP contribution in [-0.4, -0.2) is 22.3 Å². The minimum Gasteiger partial charge on any atom is -0.376 e. The number of fused-ring (bicyclic) bond motifs is 1. The van der Waals surface area contributed by atoms with Crippen LogP contribution >= 0.6 is 23.2 Å². The van der Waals surface area contributed by atoms with Gasteiger partial charge in [0.25, 0.3) is 0 Å². The second-order valence-electron chi connectivity index (χ2n) is 5.05. The molecule has 2 aromatic rings. The van der Waals surface area contributed by atoms with Gasteiger partial charge >= 0.3 is 0 Å². The number of hydrogen-bond donors (Lipinski definition) is 1. The van der Waals surface area contributed by atoms with Crippen LogP contribution in [0.3, 0.4) is 0 Å². The van der Waals surface area contributed by atoms with Gasteiger partial charge in [-0.05, 0) is 31.4 Å². The number of methoxy groups -OCH3 is 1. The van der Waals surface area contributed by atoms with Gasteiger partial charge in [0, 0.05) is 7.11 Å². The summed E-state index contributed by atoms with van der Waals surface area (Å²) in [5, 5.41) is 0.999. The second-order valence-corrected chi connectivity index (χ2v) is 5.87. The van der Waals surface area contributed by atoms with Gasteiger partial charge in [-0.1, -0.05) is 23.2 Å². The van der Waals surface area contributed by atoms with Crippen molar-refractivity contribution in [2.24, 2.45) is 0 Å². The van der Waals surface area contributed by atoms with E-state index in [9.17, 15) is 0 Å². The molecule has 19 heavy (non-hydrogen) atoms. The van der Waals surface area contributed by atoms with E-state index in [1.165, 1.54) is 6.42 Å². The number of hydrogen-bond acceptors (Lipinski definition) is 3. The van der Waals surface area contributed by atoms with E-state index in [4.69, 9.17) is 33.7 Å². The van der Waals surface area contributed by atoms with E-state index in [0.29, 0.717) is 22.5 Å². The van der Waals surface area contributed by atoms with Gasteiger partial charge in [0.2, 0.25) is 5.95 Å². The zero-order valence-corrected chi connectivity index (χ0v) is 12.1. The summed E-state index contributed by atoms with van der Waals surface area (Å²) in [7, 11) is 1.75. The minimum absolute atomic E-state index is 0.117. The van der Waals surface area contributed by atoms with Gasteiger partial charge in [0.1, 0.15) is 0 Å². The molecule has 0 aliphatic heterocycles. The molecule has 0 radical (unpaired) electrons. The normalized spacial score (nSPS) is 17.6. The molecule has 1 aliphatic rings. The fourth-order valence-electron chi connectivity index (χ4n) is 2.59. The third-order valence-corrected chi connectivity index (χ3v) is 4.69. The molecule has 0 spiro atoms. The van der Waals surface area contributed by atoms with E-state index in [-0.39, 0.29) is 5.60 Å². The summed E-state index contributed by atoms with van der Waals surface area (Å²) in [6, 6.07) is 3.55. The third-order valence-electron chi connectivity index (χ3n) is 3.96. The zero-order valence-electron chi connectivity index (χ0n) is 10.6. The summed E-state index contributed by atoms with van der Waals surface area (Å²) in [6.45, 7) is 0.698. The quantitative estimate of drug-likeness (QED) is 0.944. The van der Waals surface area contributed by atoms with Crippen LogP contribution in [0.15, 0.2) is 12.1 Å². The molecule has 3 rings (SSSR count). The van der Waals surface area contributed by atoms with E-state index in [0.717, 1.165) is 23.9 Å². The van der Waals surface area contributed by atoms with Gasteiger partial charge < -0.3 is 15.0 Å². The van der Waals surface area contributed by atoms with E-state index >= 15 is 0 Å². The molecule has 1 aromatic heterocycles. The molecule has 0 unspecified atom stereocenters. The van der Waals surface area contributed by atoms with Crippen molar-refractivity contribution in [3.63, 3.8) is 0 Å². The Bertz CT molecular complexity index is 629. The van der Waals surface area contributed by atoms with Crippen LogP contribution in [0.5, 0.6) is 0 Å². The Labute approximate surface area is 121 Å². The lowest BCUT2D eigenvalue weighted by Gasteiger charge is -2.40. The molecular formula is C13H15Cl2N3O. The molecule has 1 fully saturated rings. The fourth-order valence-corrected chi connectivity index (χ4v) is 2.91. The van der Waals surface area contributed by atoms with Crippen molar-refractivity contribution in [1.82, 2.24) is 9.55 Å². The predicted octanol–water partition coefficient (Wildman–Crippen LogP) is 3.49. The summed E-state index contributed by atoms with van der Waals surface area (Å²) in [4.78, 5) is 4.33. The van der Waals surface area contributed by atoms with Gasteiger partial charge in [-0.3, -0.25) is 0 Å². The second kappa shape index (κ2) is 4.54. The first-order chi connectivity index (χ1) is 9.04. The maximum absolute atomic E-state index is 6.08. The highest BCUT2D eigenvalue weighted by Crippen LogP contribution is 2.38. The third kappa shape index (κ3) is 2.08. The maximum atomic E-state index is 6.08. The highest BCUT2D eigenvalue weighted by Gasteiger charge is 2.38. The number of imidazole rings is 1. The average Bonchev–Trinajstić information content (AvgIpc) is 2.61. The minimum atomic E-state index is -0.117. The zero-order chi connectivity index (χ0) is 13.6. The number of nitrogens with two attached hydrogens (primary N) is 1. The first-order valence-corrected chi connectivity index (χ1v) is 6.96. The number of anilines is 1. The molecule has 0 bridgehead atoms. The first-order valence-electron chi connectivity index (χ1n) is 6.21. The van der Waals surface area contributed by atoms with Crippen molar-refractivity contribution in [3.8, 4) is 0 Å². The number of benzene rings is 1. The van der Waals surface area contributed by atoms with E-state index in [1.54, 1.807) is 13.2 Å². The van der Waals surface area contributed by atoms with Crippen LogP contribution in [0.4, 0.5) is 5.95 Å². The number of halogens is 2. The number of nitrogen functional groups attached to an aromatic ring is 1. The van der Waals surface area contributed by atoms with Crippen molar-refractivity contribution in [3.05, 3.63) is 22.2 Å². The number of aromatic nitrogens is 2. The van der Waals surface area contributed by atoms with Crippen LogP contribution in [0.25, 0.3) is 11.0 Å². The Morgan fingerprint density at radius 1 is 1.37 bits per heavy atom. The number of rotatable bonds is 3. The van der Waals surface area contributed by atoms with Crippen LogP contribution in [0, 0.1) is 0 Å². The lowest BCUT2D eigenvalue weighted by atomic mass is 9.80. The molecule has 1 aromatic carbocycles. The Morgan fingerprint density at radius 2 is 2.05 bits per heavy atom. The van der Waals surface area contributed by atoms with Crippen LogP contribution in [0.2, 0.25) is 10.0 Å². The molecule has 4 nitrogen and oxygen atoms in total. The molecule has 2 N–H and O–H groups in total. The molecule has 0 saturated heterocycles. The topological polar surface area (TPSA) is 53.1 Å². The SMILES string of the molecule is COC1(Cn2c(N)nc3cc(Cl)c(Cl)cc32)CCC1. The van der Waals surface area contributed by atoms with Crippen molar-refractivity contribution in [2.75, 3.05) is 12.8 Å². The number of ether oxygens (including phenoxy) is 1.